The van der Waals surface area contributed by atoms with E-state index in [9.17, 15) is 9.59 Å². The van der Waals surface area contributed by atoms with E-state index in [1.54, 1.807) is 0 Å². The molecule has 1 saturated heterocycles. The number of carbonyl (C=O) groups is 1. The fourth-order valence-corrected chi connectivity index (χ4v) is 3.69. The van der Waals surface area contributed by atoms with E-state index >= 15 is 0 Å². The number of nitrogens with zero attached hydrogens (tertiary/aromatic N) is 2. The van der Waals surface area contributed by atoms with Crippen LogP contribution < -0.4 is 5.56 Å². The van der Waals surface area contributed by atoms with Crippen LogP contribution >= 0.6 is 11.6 Å². The predicted molar refractivity (Wildman–Crippen MR) is 95.5 cm³/mol. The molecule has 2 aliphatic rings. The molecule has 6 heteroatoms. The van der Waals surface area contributed by atoms with Crippen molar-refractivity contribution in [2.45, 2.75) is 39.2 Å². The van der Waals surface area contributed by atoms with Crippen LogP contribution in [0.1, 0.15) is 43.5 Å². The molecule has 5 nitrogen and oxygen atoms in total. The van der Waals surface area contributed by atoms with Crippen molar-refractivity contribution >= 4 is 17.5 Å². The largest absolute Gasteiger partial charge is 0.337 e. The number of halogens is 1. The lowest BCUT2D eigenvalue weighted by molar-refractivity contribution is 0.0702. The van der Waals surface area contributed by atoms with E-state index in [1.807, 2.05) is 4.90 Å². The highest BCUT2D eigenvalue weighted by Gasteiger charge is 2.33. The van der Waals surface area contributed by atoms with Gasteiger partial charge in [0.2, 0.25) is 0 Å². The lowest BCUT2D eigenvalue weighted by Crippen LogP contribution is -2.47. The minimum atomic E-state index is -0.371. The number of hydrogen-bond acceptors (Lipinski definition) is 3. The van der Waals surface area contributed by atoms with Gasteiger partial charge in [0.1, 0.15) is 5.56 Å². The number of carbonyl (C=O) groups excluding carboxylic acids is 1. The maximum atomic E-state index is 12.9. The summed E-state index contributed by atoms with van der Waals surface area (Å²) in [6.07, 6.45) is 5.03. The second-order valence-electron chi connectivity index (χ2n) is 7.42. The van der Waals surface area contributed by atoms with Crippen molar-refractivity contribution < 1.29 is 4.79 Å². The Morgan fingerprint density at radius 3 is 2.79 bits per heavy atom. The highest BCUT2D eigenvalue weighted by molar-refractivity contribution is 6.30. The van der Waals surface area contributed by atoms with Crippen LogP contribution in [0.25, 0.3) is 0 Å². The van der Waals surface area contributed by atoms with Crippen molar-refractivity contribution in [3.05, 3.63) is 33.2 Å². The molecule has 1 atom stereocenters. The molecule has 2 heterocycles. The SMILES string of the molecule is CC(C)C1CN(C(=O)c2cc(Cl)c[nH]c2=O)CCCN1CC1CC1. The molecule has 1 unspecified atom stereocenters. The van der Waals surface area contributed by atoms with Gasteiger partial charge in [-0.25, -0.2) is 0 Å². The summed E-state index contributed by atoms with van der Waals surface area (Å²) in [6.45, 7) is 7.96. The third-order valence-corrected chi connectivity index (χ3v) is 5.31. The van der Waals surface area contributed by atoms with Crippen LogP contribution in [0.3, 0.4) is 0 Å². The van der Waals surface area contributed by atoms with Gasteiger partial charge >= 0.3 is 0 Å². The van der Waals surface area contributed by atoms with E-state index in [4.69, 9.17) is 11.6 Å². The first kappa shape index (κ1) is 17.5. The first-order chi connectivity index (χ1) is 11.5. The maximum absolute atomic E-state index is 12.9. The summed E-state index contributed by atoms with van der Waals surface area (Å²) in [5, 5.41) is 0.378. The predicted octanol–water partition coefficient (Wildman–Crippen LogP) is 2.61. The number of aromatic nitrogens is 1. The molecule has 1 aliphatic heterocycles. The first-order valence-electron chi connectivity index (χ1n) is 8.87. The summed E-state index contributed by atoms with van der Waals surface area (Å²) in [6, 6.07) is 1.82. The Balaban J connectivity index is 1.78. The van der Waals surface area contributed by atoms with Gasteiger partial charge in [0.15, 0.2) is 0 Å². The van der Waals surface area contributed by atoms with Crippen molar-refractivity contribution in [2.75, 3.05) is 26.2 Å². The summed E-state index contributed by atoms with van der Waals surface area (Å²) in [5.74, 6) is 1.09. The summed E-state index contributed by atoms with van der Waals surface area (Å²) in [5.41, 5.74) is -0.231. The van der Waals surface area contributed by atoms with Gasteiger partial charge in [-0.2, -0.15) is 0 Å². The van der Waals surface area contributed by atoms with Gasteiger partial charge in [-0.1, -0.05) is 25.4 Å². The molecule has 0 aromatic carbocycles. The van der Waals surface area contributed by atoms with Crippen LogP contribution in [-0.2, 0) is 0 Å². The molecule has 1 aromatic heterocycles. The minimum absolute atomic E-state index is 0.139. The van der Waals surface area contributed by atoms with E-state index in [2.05, 4.69) is 23.7 Å². The molecule has 0 radical (unpaired) electrons. The molecular formula is C18H26ClN3O2. The maximum Gasteiger partial charge on any atom is 0.260 e. The lowest BCUT2D eigenvalue weighted by Gasteiger charge is -2.34. The molecule has 1 N–H and O–H groups in total. The Bertz CT molecular complexity index is 654. The van der Waals surface area contributed by atoms with Crippen LogP contribution in [-0.4, -0.2) is 52.9 Å². The monoisotopic (exact) mass is 351 g/mol. The van der Waals surface area contributed by atoms with Crippen molar-refractivity contribution in [3.8, 4) is 0 Å². The number of pyridine rings is 1. The zero-order chi connectivity index (χ0) is 17.3. The average molecular weight is 352 g/mol. The molecular weight excluding hydrogens is 326 g/mol. The summed E-state index contributed by atoms with van der Waals surface area (Å²) >= 11 is 5.95. The Morgan fingerprint density at radius 2 is 2.12 bits per heavy atom. The minimum Gasteiger partial charge on any atom is -0.337 e. The fourth-order valence-electron chi connectivity index (χ4n) is 3.53. The van der Waals surface area contributed by atoms with Crippen molar-refractivity contribution in [1.29, 1.82) is 0 Å². The number of nitrogens with one attached hydrogen (secondary N) is 1. The molecule has 0 bridgehead atoms. The lowest BCUT2D eigenvalue weighted by atomic mass is 10.0. The third-order valence-electron chi connectivity index (χ3n) is 5.09. The molecule has 3 rings (SSSR count). The van der Waals surface area contributed by atoms with Gasteiger partial charge in [-0.3, -0.25) is 14.5 Å². The van der Waals surface area contributed by atoms with Crippen molar-refractivity contribution in [3.63, 3.8) is 0 Å². The average Bonchev–Trinajstić information content (AvgIpc) is 3.36. The Hall–Kier alpha value is -1.33. The second-order valence-corrected chi connectivity index (χ2v) is 7.85. The summed E-state index contributed by atoms with van der Waals surface area (Å²) in [4.78, 5) is 31.8. The zero-order valence-corrected chi connectivity index (χ0v) is 15.2. The number of H-pyrrole nitrogens is 1. The Kier molecular flexibility index (Phi) is 5.30. The molecule has 1 aromatic rings. The normalized spacial score (nSPS) is 22.7. The van der Waals surface area contributed by atoms with Gasteiger partial charge < -0.3 is 9.88 Å². The van der Waals surface area contributed by atoms with Gasteiger partial charge in [0.05, 0.1) is 5.02 Å². The number of hydrogen-bond donors (Lipinski definition) is 1. The summed E-state index contributed by atoms with van der Waals surface area (Å²) in [7, 11) is 0. The highest BCUT2D eigenvalue weighted by atomic mass is 35.5. The van der Waals surface area contributed by atoms with Crippen LogP contribution in [0.2, 0.25) is 5.02 Å². The number of rotatable bonds is 4. The third kappa shape index (κ3) is 4.01. The molecule has 0 spiro atoms. The van der Waals surface area contributed by atoms with E-state index in [0.29, 0.717) is 30.1 Å². The topological polar surface area (TPSA) is 56.4 Å². The molecule has 1 amide bonds. The fraction of sp³-hybridized carbons (Fsp3) is 0.667. The first-order valence-corrected chi connectivity index (χ1v) is 9.25. The zero-order valence-electron chi connectivity index (χ0n) is 14.4. The van der Waals surface area contributed by atoms with E-state index < -0.39 is 0 Å². The Morgan fingerprint density at radius 1 is 1.38 bits per heavy atom. The molecule has 1 aliphatic carbocycles. The highest BCUT2D eigenvalue weighted by Crippen LogP contribution is 2.32. The van der Waals surface area contributed by atoms with E-state index in [-0.39, 0.29) is 17.0 Å². The van der Waals surface area contributed by atoms with E-state index in [1.165, 1.54) is 25.1 Å². The van der Waals surface area contributed by atoms with Gasteiger partial charge in [0.25, 0.3) is 11.5 Å². The molecule has 2 fully saturated rings. The van der Waals surface area contributed by atoms with Crippen LogP contribution in [0, 0.1) is 11.8 Å². The molecule has 1 saturated carbocycles. The quantitative estimate of drug-likeness (QED) is 0.907. The van der Waals surface area contributed by atoms with Crippen molar-refractivity contribution in [1.82, 2.24) is 14.8 Å². The Labute approximate surface area is 148 Å². The summed E-state index contributed by atoms with van der Waals surface area (Å²) < 4.78 is 0. The van der Waals surface area contributed by atoms with Crippen LogP contribution in [0.4, 0.5) is 0 Å². The van der Waals surface area contributed by atoms with Crippen LogP contribution in [0.15, 0.2) is 17.1 Å². The molecule has 132 valence electrons. The smallest absolute Gasteiger partial charge is 0.260 e. The number of aromatic amines is 1. The number of amides is 1. The van der Waals surface area contributed by atoms with E-state index in [0.717, 1.165) is 25.4 Å². The molecule has 24 heavy (non-hydrogen) atoms. The second kappa shape index (κ2) is 7.28. The van der Waals surface area contributed by atoms with Crippen LogP contribution in [0.5, 0.6) is 0 Å². The van der Waals surface area contributed by atoms with Gasteiger partial charge in [-0.15, -0.1) is 0 Å². The van der Waals surface area contributed by atoms with Crippen molar-refractivity contribution in [2.24, 2.45) is 11.8 Å². The van der Waals surface area contributed by atoms with Gasteiger partial charge in [-0.05, 0) is 37.2 Å². The van der Waals surface area contributed by atoms with Gasteiger partial charge in [0, 0.05) is 38.4 Å². The standard InChI is InChI=1S/C18H26ClN3O2/c1-12(2)16-11-22(7-3-6-21(16)10-13-4-5-13)18(24)15-8-14(19)9-20-17(15)23/h8-9,12-13,16H,3-7,10-11H2,1-2H3,(H,20,23).